The van der Waals surface area contributed by atoms with Gasteiger partial charge in [-0.25, -0.2) is 4.57 Å². The van der Waals surface area contributed by atoms with Gasteiger partial charge in [-0.05, 0) is 90.1 Å². The van der Waals surface area contributed by atoms with Crippen LogP contribution in [0.1, 0.15) is 101 Å². The molecule has 38 heavy (non-hydrogen) atoms. The van der Waals surface area contributed by atoms with Gasteiger partial charge >= 0.3 is 13.8 Å². The summed E-state index contributed by atoms with van der Waals surface area (Å²) >= 11 is 0. The molecule has 0 unspecified atom stereocenters. The fourth-order valence-electron chi connectivity index (χ4n) is 3.71. The second-order valence-electron chi connectivity index (χ2n) is 13.6. The molecule has 1 aromatic rings. The van der Waals surface area contributed by atoms with E-state index >= 15 is 0 Å². The lowest BCUT2D eigenvalue weighted by Gasteiger charge is -2.38. The van der Waals surface area contributed by atoms with Gasteiger partial charge in [0.15, 0.2) is 8.32 Å². The molecular formula is C29H53O7PSi. The number of hydrogen-bond acceptors (Lipinski definition) is 7. The molecule has 0 bridgehead atoms. The fourth-order valence-corrected chi connectivity index (χ4v) is 6.32. The van der Waals surface area contributed by atoms with Gasteiger partial charge in [-0.3, -0.25) is 13.8 Å². The molecule has 0 saturated carbocycles. The third-order valence-corrected chi connectivity index (χ3v) is 12.7. The van der Waals surface area contributed by atoms with Gasteiger partial charge in [0.1, 0.15) is 11.4 Å². The minimum Gasteiger partial charge on any atom is -0.460 e. The van der Waals surface area contributed by atoms with Gasteiger partial charge in [-0.15, -0.1) is 0 Å². The summed E-state index contributed by atoms with van der Waals surface area (Å²) < 4.78 is 43.2. The Balaban J connectivity index is 3.52. The first-order valence-corrected chi connectivity index (χ1v) is 18.0. The molecule has 0 aliphatic rings. The van der Waals surface area contributed by atoms with E-state index in [4.69, 9.17) is 22.7 Å². The van der Waals surface area contributed by atoms with Crippen LogP contribution in [-0.2, 0) is 39.4 Å². The summed E-state index contributed by atoms with van der Waals surface area (Å²) in [4.78, 5) is 12.9. The first-order chi connectivity index (χ1) is 17.0. The van der Waals surface area contributed by atoms with Gasteiger partial charge in [0.25, 0.3) is 0 Å². The van der Waals surface area contributed by atoms with Crippen LogP contribution in [0.4, 0.5) is 0 Å². The predicted octanol–water partition coefficient (Wildman–Crippen LogP) is 8.60. The number of benzene rings is 1. The largest absolute Gasteiger partial charge is 0.530 e. The number of phosphoric ester groups is 1. The molecule has 0 aliphatic heterocycles. The minimum atomic E-state index is -3.95. The van der Waals surface area contributed by atoms with Gasteiger partial charge in [0.2, 0.25) is 0 Å². The molecule has 0 atom stereocenters. The highest BCUT2D eigenvalue weighted by molar-refractivity contribution is 7.49. The Bertz CT molecular complexity index is 958. The van der Waals surface area contributed by atoms with Crippen molar-refractivity contribution >= 4 is 22.1 Å². The van der Waals surface area contributed by atoms with Crippen LogP contribution in [0.25, 0.3) is 0 Å². The van der Waals surface area contributed by atoms with Gasteiger partial charge in [-0.2, -0.15) is 0 Å². The van der Waals surface area contributed by atoms with Crippen molar-refractivity contribution in [1.29, 1.82) is 0 Å². The standard InChI is InChI=1S/C29H53O7PSi/c1-21(2)34-37(31,35-22(3)4)36-24-17-15-16-23(20-25(30)33-27(5,6)7)26(24)29(11,12)18-19-32-38(13,14)28(8,9)10/h15-17,21-22H,18-20H2,1-14H3. The van der Waals surface area contributed by atoms with Crippen molar-refractivity contribution in [2.75, 3.05) is 6.61 Å². The van der Waals surface area contributed by atoms with Crippen LogP contribution >= 0.6 is 7.82 Å². The Hall–Kier alpha value is -1.18. The zero-order valence-electron chi connectivity index (χ0n) is 26.3. The van der Waals surface area contributed by atoms with Gasteiger partial charge in [0.05, 0.1) is 18.6 Å². The Morgan fingerprint density at radius 3 is 1.89 bits per heavy atom. The lowest BCUT2D eigenvalue weighted by atomic mass is 9.78. The Labute approximate surface area is 233 Å². The summed E-state index contributed by atoms with van der Waals surface area (Å²) in [7, 11) is -5.90. The summed E-state index contributed by atoms with van der Waals surface area (Å²) in [5, 5.41) is 0.0923. The van der Waals surface area contributed by atoms with E-state index in [0.717, 1.165) is 11.1 Å². The zero-order valence-corrected chi connectivity index (χ0v) is 28.2. The number of carbonyl (C=O) groups is 1. The van der Waals surface area contributed by atoms with Crippen LogP contribution in [0, 0.1) is 0 Å². The van der Waals surface area contributed by atoms with Gasteiger partial charge in [0, 0.05) is 12.2 Å². The van der Waals surface area contributed by atoms with E-state index in [-0.39, 0.29) is 29.6 Å². The fraction of sp³-hybridized carbons (Fsp3) is 0.759. The number of carbonyl (C=O) groups excluding carboxylic acids is 1. The highest BCUT2D eigenvalue weighted by Gasteiger charge is 2.39. The van der Waals surface area contributed by atoms with Gasteiger partial charge < -0.3 is 13.7 Å². The molecule has 0 aliphatic carbocycles. The zero-order chi connectivity index (χ0) is 29.7. The van der Waals surface area contributed by atoms with E-state index in [1.165, 1.54) is 0 Å². The normalized spacial score (nSPS) is 13.8. The molecule has 0 radical (unpaired) electrons. The Kier molecular flexibility index (Phi) is 11.9. The first-order valence-electron chi connectivity index (χ1n) is 13.6. The van der Waals surface area contributed by atoms with Crippen LogP contribution in [0.15, 0.2) is 18.2 Å². The van der Waals surface area contributed by atoms with Crippen molar-refractivity contribution in [3.8, 4) is 5.75 Å². The first kappa shape index (κ1) is 34.8. The molecule has 9 heteroatoms. The molecule has 1 aromatic carbocycles. The van der Waals surface area contributed by atoms with Crippen molar-refractivity contribution in [3.63, 3.8) is 0 Å². The van der Waals surface area contributed by atoms with E-state index in [0.29, 0.717) is 18.8 Å². The number of esters is 1. The number of phosphoric acid groups is 1. The predicted molar refractivity (Wildman–Crippen MR) is 157 cm³/mol. The third-order valence-electron chi connectivity index (χ3n) is 6.43. The minimum absolute atomic E-state index is 0.0523. The summed E-state index contributed by atoms with van der Waals surface area (Å²) in [6, 6.07) is 5.43. The van der Waals surface area contributed by atoms with Crippen LogP contribution in [-0.4, -0.2) is 38.7 Å². The Morgan fingerprint density at radius 1 is 0.921 bits per heavy atom. The van der Waals surface area contributed by atoms with E-state index < -0.39 is 27.2 Å². The third kappa shape index (κ3) is 11.1. The number of rotatable bonds is 13. The average Bonchev–Trinajstić information content (AvgIpc) is 2.63. The lowest BCUT2D eigenvalue weighted by Crippen LogP contribution is -2.41. The van der Waals surface area contributed by atoms with Crippen molar-refractivity contribution in [2.45, 2.75) is 137 Å². The van der Waals surface area contributed by atoms with Crippen molar-refractivity contribution in [3.05, 3.63) is 29.3 Å². The number of hydrogen-bond donors (Lipinski definition) is 0. The van der Waals surface area contributed by atoms with Crippen LogP contribution in [0.5, 0.6) is 5.75 Å². The molecule has 0 fully saturated rings. The molecule has 0 spiro atoms. The second kappa shape index (κ2) is 13.0. The summed E-state index contributed by atoms with van der Waals surface area (Å²) in [6.45, 7) is 28.5. The quantitative estimate of drug-likeness (QED) is 0.133. The topological polar surface area (TPSA) is 80.3 Å². The molecule has 0 N–H and O–H groups in total. The SMILES string of the molecule is CC(C)OP(=O)(Oc1cccc(CC(=O)OC(C)(C)C)c1C(C)(C)CCO[Si](C)(C)C(C)(C)C)OC(C)C. The maximum atomic E-state index is 13.7. The summed E-state index contributed by atoms with van der Waals surface area (Å²) in [6.07, 6.45) is -0.0314. The second-order valence-corrected chi connectivity index (χ2v) is 20.0. The smallest absolute Gasteiger partial charge is 0.460 e. The van der Waals surface area contributed by atoms with Gasteiger partial charge in [-0.1, -0.05) is 46.8 Å². The molecule has 0 saturated heterocycles. The monoisotopic (exact) mass is 572 g/mol. The molecule has 220 valence electrons. The van der Waals surface area contributed by atoms with Crippen molar-refractivity contribution in [2.24, 2.45) is 0 Å². The van der Waals surface area contributed by atoms with E-state index in [1.54, 1.807) is 39.8 Å². The molecule has 0 aromatic heterocycles. The summed E-state index contributed by atoms with van der Waals surface area (Å²) in [5.41, 5.74) is 0.417. The van der Waals surface area contributed by atoms with Crippen LogP contribution < -0.4 is 4.52 Å². The molecule has 0 amide bonds. The van der Waals surface area contributed by atoms with Crippen molar-refractivity contribution in [1.82, 2.24) is 0 Å². The Morgan fingerprint density at radius 2 is 1.45 bits per heavy atom. The van der Waals surface area contributed by atoms with Crippen molar-refractivity contribution < 1.29 is 32.1 Å². The van der Waals surface area contributed by atoms with E-state index in [9.17, 15) is 9.36 Å². The maximum absolute atomic E-state index is 13.7. The highest BCUT2D eigenvalue weighted by atomic mass is 31.2. The molecule has 1 rings (SSSR count). The molecular weight excluding hydrogens is 519 g/mol. The maximum Gasteiger partial charge on any atom is 0.530 e. The lowest BCUT2D eigenvalue weighted by molar-refractivity contribution is -0.153. The van der Waals surface area contributed by atoms with E-state index in [2.05, 4.69) is 47.7 Å². The van der Waals surface area contributed by atoms with E-state index in [1.807, 2.05) is 26.8 Å². The average molecular weight is 573 g/mol. The molecule has 7 nitrogen and oxygen atoms in total. The van der Waals surface area contributed by atoms with Crippen LogP contribution in [0.2, 0.25) is 18.1 Å². The van der Waals surface area contributed by atoms with Crippen LogP contribution in [0.3, 0.4) is 0 Å². The molecule has 0 heterocycles. The number of ether oxygens (including phenoxy) is 1. The highest BCUT2D eigenvalue weighted by Crippen LogP contribution is 2.54. The summed E-state index contributed by atoms with van der Waals surface area (Å²) in [5.74, 6) is 0.0253.